The van der Waals surface area contributed by atoms with Crippen molar-refractivity contribution in [3.8, 4) is 0 Å². The topological polar surface area (TPSA) is 17.1 Å². The van der Waals surface area contributed by atoms with E-state index in [0.717, 1.165) is 19.3 Å². The van der Waals surface area contributed by atoms with Gasteiger partial charge in [0, 0.05) is 19.9 Å². The molecule has 1 nitrogen and oxygen atoms in total. The molecule has 0 spiro atoms. The minimum Gasteiger partial charge on any atom is -0.293 e. The molecule has 0 N–H and O–H groups in total. The first-order chi connectivity index (χ1) is 9.16. The normalized spacial score (nSPS) is 18.1. The molecule has 0 aliphatic heterocycles. The number of hydrogen-bond acceptors (Lipinski definition) is 2. The third-order valence-corrected chi connectivity index (χ3v) is 5.45. The molecule has 2 aromatic rings. The molecular weight excluding hydrogens is 374 g/mol. The fourth-order valence-corrected chi connectivity index (χ4v) is 4.37. The number of rotatable bonds is 2. The van der Waals surface area contributed by atoms with Gasteiger partial charge in [-0.25, -0.2) is 4.39 Å². The van der Waals surface area contributed by atoms with Crippen molar-refractivity contribution >= 4 is 39.7 Å². The third-order valence-electron chi connectivity index (χ3n) is 3.57. The number of ketones is 1. The molecule has 1 heterocycles. The van der Waals surface area contributed by atoms with Crippen LogP contribution in [0.3, 0.4) is 0 Å². The fraction of sp³-hybridized carbons (Fsp3) is 0.267. The Morgan fingerprint density at radius 2 is 2.21 bits per heavy atom. The van der Waals surface area contributed by atoms with Crippen LogP contribution in [0.4, 0.5) is 4.39 Å². The molecule has 0 saturated heterocycles. The maximum atomic E-state index is 13.1. The molecule has 0 radical (unpaired) electrons. The van der Waals surface area contributed by atoms with Crippen LogP contribution in [0.5, 0.6) is 0 Å². The molecule has 1 atom stereocenters. The summed E-state index contributed by atoms with van der Waals surface area (Å²) in [6.45, 7) is 0. The van der Waals surface area contributed by atoms with Gasteiger partial charge >= 0.3 is 0 Å². The van der Waals surface area contributed by atoms with Crippen molar-refractivity contribution in [2.75, 3.05) is 0 Å². The molecular formula is C15H12FIOS. The first-order valence-corrected chi connectivity index (χ1v) is 8.18. The highest BCUT2D eigenvalue weighted by Gasteiger charge is 2.29. The lowest BCUT2D eigenvalue weighted by Gasteiger charge is -2.21. The summed E-state index contributed by atoms with van der Waals surface area (Å²) >= 11 is 3.77. The first-order valence-electron chi connectivity index (χ1n) is 6.22. The van der Waals surface area contributed by atoms with Gasteiger partial charge in [0.1, 0.15) is 5.82 Å². The summed E-state index contributed by atoms with van der Waals surface area (Å²) in [6, 6.07) is 6.47. The van der Waals surface area contributed by atoms with Gasteiger partial charge < -0.3 is 0 Å². The van der Waals surface area contributed by atoms with Crippen LogP contribution in [-0.4, -0.2) is 5.78 Å². The van der Waals surface area contributed by atoms with E-state index in [1.165, 1.54) is 22.6 Å². The van der Waals surface area contributed by atoms with Gasteiger partial charge in [-0.3, -0.25) is 4.79 Å². The highest BCUT2D eigenvalue weighted by atomic mass is 127. The Morgan fingerprint density at radius 3 is 3.00 bits per heavy atom. The van der Waals surface area contributed by atoms with Crippen molar-refractivity contribution in [2.24, 2.45) is 0 Å². The lowest BCUT2D eigenvalue weighted by atomic mass is 9.82. The van der Waals surface area contributed by atoms with Crippen molar-refractivity contribution in [1.29, 1.82) is 0 Å². The number of carbonyl (C=O) groups excluding carboxylic acids is 1. The van der Waals surface area contributed by atoms with Gasteiger partial charge in [0.05, 0.1) is 0 Å². The smallest absolute Gasteiger partial charge is 0.171 e. The van der Waals surface area contributed by atoms with Gasteiger partial charge in [-0.05, 0) is 77.1 Å². The van der Waals surface area contributed by atoms with E-state index >= 15 is 0 Å². The molecule has 0 bridgehead atoms. The molecule has 19 heavy (non-hydrogen) atoms. The Balaban J connectivity index is 1.98. The van der Waals surface area contributed by atoms with Gasteiger partial charge in [0.2, 0.25) is 0 Å². The van der Waals surface area contributed by atoms with Crippen molar-refractivity contribution in [3.63, 3.8) is 0 Å². The van der Waals surface area contributed by atoms with Gasteiger partial charge in [0.25, 0.3) is 0 Å². The predicted molar refractivity (Wildman–Crippen MR) is 83.4 cm³/mol. The monoisotopic (exact) mass is 386 g/mol. The van der Waals surface area contributed by atoms with Gasteiger partial charge in [-0.15, -0.1) is 11.3 Å². The van der Waals surface area contributed by atoms with Crippen LogP contribution in [0, 0.1) is 9.39 Å². The summed E-state index contributed by atoms with van der Waals surface area (Å²) in [5.74, 6) is -0.210. The number of Topliss-reactive ketones (excluding diaryl/α,β-unsaturated/α-hetero) is 1. The zero-order valence-electron chi connectivity index (χ0n) is 10.2. The van der Waals surface area contributed by atoms with Crippen LogP contribution >= 0.6 is 33.9 Å². The summed E-state index contributed by atoms with van der Waals surface area (Å²) < 4.78 is 13.8. The quantitative estimate of drug-likeness (QED) is 0.536. The molecule has 0 amide bonds. The summed E-state index contributed by atoms with van der Waals surface area (Å²) in [6.07, 6.45) is 3.04. The van der Waals surface area contributed by atoms with Crippen LogP contribution in [-0.2, 0) is 6.42 Å². The van der Waals surface area contributed by atoms with E-state index in [0.29, 0.717) is 9.13 Å². The first kappa shape index (κ1) is 13.2. The van der Waals surface area contributed by atoms with E-state index in [1.54, 1.807) is 17.4 Å². The fourth-order valence-electron chi connectivity index (χ4n) is 2.64. The number of carbonyl (C=O) groups is 1. The van der Waals surface area contributed by atoms with E-state index in [9.17, 15) is 9.18 Å². The summed E-state index contributed by atoms with van der Waals surface area (Å²) in [5.41, 5.74) is 1.83. The molecule has 1 aromatic heterocycles. The Kier molecular flexibility index (Phi) is 3.71. The standard InChI is InChI=1S/C15H12FIOS/c16-9-4-5-12(13(17)8-9)15(18)11-2-1-3-14-10(11)6-7-19-14/h4-8,11H,1-3H2. The number of hydrogen-bond donors (Lipinski definition) is 0. The zero-order chi connectivity index (χ0) is 13.4. The predicted octanol–water partition coefficient (Wildman–Crippen LogP) is 4.79. The Hall–Kier alpha value is -0.750. The van der Waals surface area contributed by atoms with Crippen LogP contribution < -0.4 is 0 Å². The van der Waals surface area contributed by atoms with Crippen LogP contribution in [0.2, 0.25) is 0 Å². The van der Waals surface area contributed by atoms with Gasteiger partial charge in [-0.2, -0.15) is 0 Å². The van der Waals surface area contributed by atoms with Crippen molar-refractivity contribution < 1.29 is 9.18 Å². The summed E-state index contributed by atoms with van der Waals surface area (Å²) in [4.78, 5) is 14.0. The second-order valence-corrected chi connectivity index (χ2v) is 6.90. The highest BCUT2D eigenvalue weighted by molar-refractivity contribution is 14.1. The minimum absolute atomic E-state index is 0.0472. The third kappa shape index (κ3) is 2.48. The molecule has 1 aliphatic carbocycles. The van der Waals surface area contributed by atoms with Crippen molar-refractivity contribution in [2.45, 2.75) is 25.2 Å². The largest absolute Gasteiger partial charge is 0.293 e. The van der Waals surface area contributed by atoms with E-state index < -0.39 is 0 Å². The average molecular weight is 386 g/mol. The van der Waals surface area contributed by atoms with E-state index in [2.05, 4.69) is 11.4 Å². The van der Waals surface area contributed by atoms with Crippen LogP contribution in [0.15, 0.2) is 29.6 Å². The highest BCUT2D eigenvalue weighted by Crippen LogP contribution is 2.37. The number of fused-ring (bicyclic) bond motifs is 1. The minimum atomic E-state index is -0.291. The SMILES string of the molecule is O=C(c1ccc(F)cc1I)C1CCCc2sccc21. The molecule has 98 valence electrons. The lowest BCUT2D eigenvalue weighted by Crippen LogP contribution is -2.18. The zero-order valence-corrected chi connectivity index (χ0v) is 13.1. The van der Waals surface area contributed by atoms with Gasteiger partial charge in [-0.1, -0.05) is 0 Å². The Labute approximate surface area is 129 Å². The molecule has 1 aliphatic rings. The Morgan fingerprint density at radius 1 is 1.37 bits per heavy atom. The molecule has 4 heteroatoms. The number of aryl methyl sites for hydroxylation is 1. The second-order valence-electron chi connectivity index (χ2n) is 4.73. The number of halogens is 2. The van der Waals surface area contributed by atoms with Crippen LogP contribution in [0.1, 0.15) is 39.6 Å². The molecule has 1 unspecified atom stereocenters. The maximum Gasteiger partial charge on any atom is 0.171 e. The Bertz CT molecular complexity index is 635. The van der Waals surface area contributed by atoms with Crippen molar-refractivity contribution in [1.82, 2.24) is 0 Å². The molecule has 1 aromatic carbocycles. The molecule has 0 fully saturated rings. The van der Waals surface area contributed by atoms with E-state index in [1.807, 2.05) is 22.6 Å². The summed E-state index contributed by atoms with van der Waals surface area (Å²) in [7, 11) is 0. The van der Waals surface area contributed by atoms with E-state index in [-0.39, 0.29) is 17.5 Å². The summed E-state index contributed by atoms with van der Waals surface area (Å²) in [5, 5.41) is 2.06. The van der Waals surface area contributed by atoms with Gasteiger partial charge in [0.15, 0.2) is 5.78 Å². The average Bonchev–Trinajstić information content (AvgIpc) is 2.86. The number of thiophene rings is 1. The molecule has 0 saturated carbocycles. The molecule has 3 rings (SSSR count). The maximum absolute atomic E-state index is 13.1. The van der Waals surface area contributed by atoms with E-state index in [4.69, 9.17) is 0 Å². The van der Waals surface area contributed by atoms with Crippen molar-refractivity contribution in [3.05, 3.63) is 55.0 Å². The number of benzene rings is 1. The van der Waals surface area contributed by atoms with Crippen LogP contribution in [0.25, 0.3) is 0 Å². The lowest BCUT2D eigenvalue weighted by molar-refractivity contribution is 0.0950. The second kappa shape index (κ2) is 5.32.